The van der Waals surface area contributed by atoms with Crippen LogP contribution < -0.4 is 0 Å². The topological polar surface area (TPSA) is 116 Å². The van der Waals surface area contributed by atoms with Crippen molar-refractivity contribution in [1.82, 2.24) is 0 Å². The summed E-state index contributed by atoms with van der Waals surface area (Å²) in [4.78, 5) is 13.0. The number of aliphatic hydroxyl groups is 3. The van der Waals surface area contributed by atoms with Crippen LogP contribution in [0.25, 0.3) is 10.4 Å². The molecule has 4 rings (SSSR count). The molecule has 1 saturated heterocycles. The predicted octanol–water partition coefficient (Wildman–Crippen LogP) is 3.63. The zero-order valence-corrected chi connectivity index (χ0v) is 18.4. The van der Waals surface area contributed by atoms with Crippen LogP contribution in [0.2, 0.25) is 0 Å². The van der Waals surface area contributed by atoms with Gasteiger partial charge in [-0.25, -0.2) is 9.18 Å². The van der Waals surface area contributed by atoms with Gasteiger partial charge in [-0.2, -0.15) is 0 Å². The Hall–Kier alpha value is -2.82. The molecule has 7 nitrogen and oxygen atoms in total. The fraction of sp³-hybridized carbons (Fsp3) is 0.292. The summed E-state index contributed by atoms with van der Waals surface area (Å²) in [6, 6.07) is 15.7. The maximum absolute atomic E-state index is 13.2. The SMILES string of the molecule is Cc1ccc(C2OC(OC(=O)O)C(O)C(O)C2O)cc1Cc1ccc(-c2ccc(F)cc2)s1. The highest BCUT2D eigenvalue weighted by atomic mass is 32.1. The number of ether oxygens (including phenoxy) is 2. The van der Waals surface area contributed by atoms with Gasteiger partial charge in [0.15, 0.2) is 0 Å². The number of hydrogen-bond donors (Lipinski definition) is 4. The second-order valence-corrected chi connectivity index (χ2v) is 9.08. The fourth-order valence-electron chi connectivity index (χ4n) is 3.81. The molecule has 1 aliphatic rings. The number of thiophene rings is 1. The first-order chi connectivity index (χ1) is 15.7. The summed E-state index contributed by atoms with van der Waals surface area (Å²) in [6.45, 7) is 1.95. The zero-order chi connectivity index (χ0) is 23.7. The van der Waals surface area contributed by atoms with Crippen LogP contribution in [-0.2, 0) is 15.9 Å². The number of hydrogen-bond acceptors (Lipinski definition) is 7. The number of rotatable bonds is 5. The van der Waals surface area contributed by atoms with Gasteiger partial charge in [-0.3, -0.25) is 0 Å². The lowest BCUT2D eigenvalue weighted by Gasteiger charge is -2.39. The average Bonchev–Trinajstić information content (AvgIpc) is 3.24. The smallest absolute Gasteiger partial charge is 0.450 e. The summed E-state index contributed by atoms with van der Waals surface area (Å²) in [7, 11) is 0. The number of benzene rings is 2. The molecule has 3 aromatic rings. The third-order valence-electron chi connectivity index (χ3n) is 5.64. The second-order valence-electron chi connectivity index (χ2n) is 7.92. The monoisotopic (exact) mass is 474 g/mol. The molecule has 5 unspecified atom stereocenters. The van der Waals surface area contributed by atoms with Gasteiger partial charge in [-0.05, 0) is 53.4 Å². The molecule has 2 aromatic carbocycles. The van der Waals surface area contributed by atoms with Gasteiger partial charge in [0.25, 0.3) is 0 Å². The van der Waals surface area contributed by atoms with Crippen molar-refractivity contribution >= 4 is 17.5 Å². The Morgan fingerprint density at radius 1 is 1.03 bits per heavy atom. The van der Waals surface area contributed by atoms with Gasteiger partial charge in [-0.1, -0.05) is 30.3 Å². The first-order valence-electron chi connectivity index (χ1n) is 10.3. The van der Waals surface area contributed by atoms with Crippen molar-refractivity contribution in [2.75, 3.05) is 0 Å². The highest BCUT2D eigenvalue weighted by molar-refractivity contribution is 7.15. The number of carbonyl (C=O) groups is 1. The van der Waals surface area contributed by atoms with E-state index >= 15 is 0 Å². The predicted molar refractivity (Wildman–Crippen MR) is 118 cm³/mol. The molecule has 0 amide bonds. The maximum Gasteiger partial charge on any atom is 0.508 e. The van der Waals surface area contributed by atoms with Gasteiger partial charge >= 0.3 is 6.16 Å². The molecule has 0 spiro atoms. The van der Waals surface area contributed by atoms with E-state index in [-0.39, 0.29) is 5.82 Å². The normalized spacial score (nSPS) is 25.1. The fourth-order valence-corrected chi connectivity index (χ4v) is 4.85. The van der Waals surface area contributed by atoms with Crippen LogP contribution in [0.1, 0.15) is 27.7 Å². The number of halogens is 1. The summed E-state index contributed by atoms with van der Waals surface area (Å²) < 4.78 is 23.2. The third kappa shape index (κ3) is 5.07. The van der Waals surface area contributed by atoms with E-state index in [2.05, 4.69) is 4.74 Å². The largest absolute Gasteiger partial charge is 0.508 e. The quantitative estimate of drug-likeness (QED) is 0.417. The Labute approximate surface area is 193 Å². The highest BCUT2D eigenvalue weighted by Crippen LogP contribution is 2.35. The molecule has 2 heterocycles. The molecular weight excluding hydrogens is 451 g/mol. The second kappa shape index (κ2) is 9.58. The lowest BCUT2D eigenvalue weighted by atomic mass is 9.91. The average molecular weight is 475 g/mol. The minimum absolute atomic E-state index is 0.288. The van der Waals surface area contributed by atoms with Gasteiger partial charge in [0.1, 0.15) is 30.2 Å². The van der Waals surface area contributed by atoms with Crippen molar-refractivity contribution in [2.45, 2.75) is 44.1 Å². The van der Waals surface area contributed by atoms with Gasteiger partial charge in [0.2, 0.25) is 6.29 Å². The highest BCUT2D eigenvalue weighted by Gasteiger charge is 2.46. The van der Waals surface area contributed by atoms with Gasteiger partial charge in [0.05, 0.1) is 0 Å². The summed E-state index contributed by atoms with van der Waals surface area (Å²) in [5.74, 6) is -0.288. The lowest BCUT2D eigenvalue weighted by molar-refractivity contribution is -0.285. The van der Waals surface area contributed by atoms with E-state index < -0.39 is 36.9 Å². The van der Waals surface area contributed by atoms with Gasteiger partial charge in [-0.15, -0.1) is 11.3 Å². The molecule has 0 aliphatic carbocycles. The minimum Gasteiger partial charge on any atom is -0.450 e. The Morgan fingerprint density at radius 3 is 2.45 bits per heavy atom. The summed E-state index contributed by atoms with van der Waals surface area (Å²) in [6.07, 6.45) is -8.64. The van der Waals surface area contributed by atoms with Crippen LogP contribution in [0.4, 0.5) is 9.18 Å². The first kappa shape index (κ1) is 23.3. The third-order valence-corrected chi connectivity index (χ3v) is 6.78. The number of aliphatic hydroxyl groups excluding tert-OH is 3. The summed E-state index contributed by atoms with van der Waals surface area (Å²) >= 11 is 1.58. The van der Waals surface area contributed by atoms with Crippen molar-refractivity contribution in [1.29, 1.82) is 0 Å². The molecule has 0 radical (unpaired) electrons. The number of carboxylic acid groups (broad SMARTS) is 1. The molecule has 5 atom stereocenters. The minimum atomic E-state index is -1.71. The Bertz CT molecular complexity index is 1130. The van der Waals surface area contributed by atoms with Crippen LogP contribution in [-0.4, -0.2) is 51.2 Å². The van der Waals surface area contributed by atoms with Crippen LogP contribution >= 0.6 is 11.3 Å². The molecular formula is C24H23FO7S. The maximum atomic E-state index is 13.2. The van der Waals surface area contributed by atoms with E-state index in [1.54, 1.807) is 29.5 Å². The Balaban J connectivity index is 1.56. The van der Waals surface area contributed by atoms with Crippen molar-refractivity contribution in [3.05, 3.63) is 82.0 Å². The number of aryl methyl sites for hydroxylation is 1. The molecule has 4 N–H and O–H groups in total. The zero-order valence-electron chi connectivity index (χ0n) is 17.6. The van der Waals surface area contributed by atoms with E-state index in [0.717, 1.165) is 26.4 Å². The van der Waals surface area contributed by atoms with E-state index in [9.17, 15) is 24.5 Å². The van der Waals surface area contributed by atoms with Crippen LogP contribution in [0.5, 0.6) is 0 Å². The van der Waals surface area contributed by atoms with Crippen molar-refractivity contribution < 1.29 is 39.1 Å². The molecule has 1 aliphatic heterocycles. The van der Waals surface area contributed by atoms with Crippen molar-refractivity contribution in [3.63, 3.8) is 0 Å². The van der Waals surface area contributed by atoms with Crippen molar-refractivity contribution in [3.8, 4) is 10.4 Å². The van der Waals surface area contributed by atoms with Gasteiger partial charge < -0.3 is 29.9 Å². The molecule has 9 heteroatoms. The van der Waals surface area contributed by atoms with Crippen LogP contribution in [0, 0.1) is 12.7 Å². The van der Waals surface area contributed by atoms with Gasteiger partial charge in [0, 0.05) is 16.2 Å². The molecule has 1 aromatic heterocycles. The molecule has 33 heavy (non-hydrogen) atoms. The Kier molecular flexibility index (Phi) is 6.78. The lowest BCUT2D eigenvalue weighted by Crippen LogP contribution is -2.55. The molecule has 0 saturated carbocycles. The van der Waals surface area contributed by atoms with E-state index in [0.29, 0.717) is 12.0 Å². The summed E-state index contributed by atoms with van der Waals surface area (Å²) in [5, 5.41) is 39.5. The molecule has 0 bridgehead atoms. The standard InChI is InChI=1S/C24H23FO7S/c1-12-2-3-14(22-20(27)19(26)21(28)23(31-22)32-24(29)30)10-15(12)11-17-8-9-18(33-17)13-4-6-16(25)7-5-13/h2-10,19-23,26-28H,11H2,1H3,(H,29,30). The van der Waals surface area contributed by atoms with Crippen molar-refractivity contribution in [2.24, 2.45) is 0 Å². The first-order valence-corrected chi connectivity index (χ1v) is 11.1. The Morgan fingerprint density at radius 2 is 1.76 bits per heavy atom. The van der Waals surface area contributed by atoms with E-state index in [1.807, 2.05) is 31.2 Å². The van der Waals surface area contributed by atoms with E-state index in [4.69, 9.17) is 9.84 Å². The summed E-state index contributed by atoms with van der Waals surface area (Å²) in [5.41, 5.74) is 3.39. The van der Waals surface area contributed by atoms with Crippen LogP contribution in [0.15, 0.2) is 54.6 Å². The van der Waals surface area contributed by atoms with Crippen LogP contribution in [0.3, 0.4) is 0 Å². The molecule has 1 fully saturated rings. The van der Waals surface area contributed by atoms with E-state index in [1.165, 1.54) is 12.1 Å². The molecule has 174 valence electrons.